The van der Waals surface area contributed by atoms with Crippen LogP contribution in [0.1, 0.15) is 29.2 Å². The average molecular weight is 537 g/mol. The standard InChI is InChI=1S/C30H22ClFN6O/c31-23-10-14-29(37-19-33-35-36-37)25(17-23)22-9-13-30(38(39)18-22)26(15-20-5-2-1-3-6-20)28-12-11-27(34-28)21-7-4-8-24(32)16-21/h1-11,13-14,16-19,26H,12,15H2. The number of benzene rings is 3. The highest BCUT2D eigenvalue weighted by Crippen LogP contribution is 2.33. The van der Waals surface area contributed by atoms with Crippen molar-refractivity contribution in [2.24, 2.45) is 4.99 Å². The zero-order chi connectivity index (χ0) is 26.8. The van der Waals surface area contributed by atoms with Crippen LogP contribution in [-0.4, -0.2) is 25.9 Å². The van der Waals surface area contributed by atoms with Crippen molar-refractivity contribution >= 4 is 23.0 Å². The molecule has 0 fully saturated rings. The average Bonchev–Trinajstić information content (AvgIpc) is 3.66. The summed E-state index contributed by atoms with van der Waals surface area (Å²) in [6, 6.07) is 25.5. The van der Waals surface area contributed by atoms with Gasteiger partial charge in [0.25, 0.3) is 0 Å². The van der Waals surface area contributed by atoms with E-state index in [-0.39, 0.29) is 11.7 Å². The molecule has 192 valence electrons. The number of aromatic nitrogens is 5. The Morgan fingerprint density at radius 3 is 2.62 bits per heavy atom. The number of halogens is 2. The third-order valence-corrected chi connectivity index (χ3v) is 6.98. The van der Waals surface area contributed by atoms with Crippen molar-refractivity contribution in [3.05, 3.63) is 136 Å². The van der Waals surface area contributed by atoms with Gasteiger partial charge in [0.15, 0.2) is 6.20 Å². The molecule has 6 rings (SSSR count). The van der Waals surface area contributed by atoms with Crippen LogP contribution in [0.5, 0.6) is 0 Å². The first-order valence-electron chi connectivity index (χ1n) is 12.4. The zero-order valence-electron chi connectivity index (χ0n) is 20.7. The number of allylic oxidation sites excluding steroid dienone is 1. The predicted molar refractivity (Wildman–Crippen MR) is 148 cm³/mol. The fourth-order valence-electron chi connectivity index (χ4n) is 4.87. The molecule has 1 aliphatic heterocycles. The van der Waals surface area contributed by atoms with E-state index in [9.17, 15) is 9.60 Å². The van der Waals surface area contributed by atoms with Gasteiger partial charge in [0.2, 0.25) is 5.69 Å². The van der Waals surface area contributed by atoms with Gasteiger partial charge in [0.05, 0.1) is 17.3 Å². The minimum Gasteiger partial charge on any atom is -0.618 e. The van der Waals surface area contributed by atoms with E-state index in [0.717, 1.165) is 21.6 Å². The maximum atomic E-state index is 13.9. The molecule has 1 unspecified atom stereocenters. The van der Waals surface area contributed by atoms with Gasteiger partial charge < -0.3 is 5.21 Å². The number of pyridine rings is 1. The minimum absolute atomic E-state index is 0.278. The summed E-state index contributed by atoms with van der Waals surface area (Å²) in [6.45, 7) is 0. The number of rotatable bonds is 7. The molecule has 3 aromatic carbocycles. The third-order valence-electron chi connectivity index (χ3n) is 6.74. The summed E-state index contributed by atoms with van der Waals surface area (Å²) >= 11 is 6.31. The molecule has 5 aromatic rings. The molecule has 0 saturated heterocycles. The molecule has 39 heavy (non-hydrogen) atoms. The van der Waals surface area contributed by atoms with Gasteiger partial charge >= 0.3 is 0 Å². The van der Waals surface area contributed by atoms with E-state index < -0.39 is 0 Å². The van der Waals surface area contributed by atoms with Crippen LogP contribution in [-0.2, 0) is 6.42 Å². The van der Waals surface area contributed by atoms with E-state index in [0.29, 0.717) is 46.1 Å². The van der Waals surface area contributed by atoms with Gasteiger partial charge in [-0.05, 0) is 58.8 Å². The second-order valence-corrected chi connectivity index (χ2v) is 9.67. The van der Waals surface area contributed by atoms with Gasteiger partial charge in [0, 0.05) is 39.9 Å². The van der Waals surface area contributed by atoms with E-state index in [1.165, 1.54) is 23.1 Å². The molecular weight excluding hydrogens is 515 g/mol. The molecule has 0 aliphatic carbocycles. The number of hydrogen-bond donors (Lipinski definition) is 0. The molecule has 3 heterocycles. The molecule has 0 N–H and O–H groups in total. The van der Waals surface area contributed by atoms with Crippen molar-refractivity contribution < 1.29 is 9.12 Å². The van der Waals surface area contributed by atoms with Gasteiger partial charge in [-0.25, -0.2) is 4.39 Å². The lowest BCUT2D eigenvalue weighted by Gasteiger charge is -2.18. The van der Waals surface area contributed by atoms with Crippen molar-refractivity contribution in [3.63, 3.8) is 0 Å². The van der Waals surface area contributed by atoms with E-state index in [1.807, 2.05) is 60.7 Å². The molecular formula is C30H22ClFN6O. The molecule has 1 aliphatic rings. The summed E-state index contributed by atoms with van der Waals surface area (Å²) < 4.78 is 16.3. The molecule has 0 saturated carbocycles. The van der Waals surface area contributed by atoms with Crippen molar-refractivity contribution in [2.45, 2.75) is 18.8 Å². The first kappa shape index (κ1) is 24.6. The van der Waals surface area contributed by atoms with Crippen LogP contribution >= 0.6 is 11.6 Å². The van der Waals surface area contributed by atoms with Gasteiger partial charge in [-0.1, -0.05) is 60.1 Å². The lowest BCUT2D eigenvalue weighted by molar-refractivity contribution is -0.614. The monoisotopic (exact) mass is 536 g/mol. The first-order valence-corrected chi connectivity index (χ1v) is 12.8. The van der Waals surface area contributed by atoms with Crippen LogP contribution < -0.4 is 4.73 Å². The van der Waals surface area contributed by atoms with Gasteiger partial charge in [-0.2, -0.15) is 9.41 Å². The van der Waals surface area contributed by atoms with Crippen molar-refractivity contribution in [2.75, 3.05) is 0 Å². The predicted octanol–water partition coefficient (Wildman–Crippen LogP) is 5.97. The molecule has 7 nitrogen and oxygen atoms in total. The summed E-state index contributed by atoms with van der Waals surface area (Å²) in [5.41, 5.74) is 6.03. The fourth-order valence-corrected chi connectivity index (χ4v) is 5.05. The Hall–Kier alpha value is -4.69. The fraction of sp³-hybridized carbons (Fsp3) is 0.100. The topological polar surface area (TPSA) is 82.9 Å². The highest BCUT2D eigenvalue weighted by atomic mass is 35.5. The van der Waals surface area contributed by atoms with Crippen molar-refractivity contribution in [1.29, 1.82) is 0 Å². The van der Waals surface area contributed by atoms with Crippen LogP contribution in [0, 0.1) is 11.0 Å². The van der Waals surface area contributed by atoms with E-state index in [1.54, 1.807) is 24.4 Å². The summed E-state index contributed by atoms with van der Waals surface area (Å²) in [7, 11) is 0. The Kier molecular flexibility index (Phi) is 6.69. The van der Waals surface area contributed by atoms with E-state index >= 15 is 0 Å². The number of aliphatic imine (C=N–C) groups is 1. The molecule has 1 atom stereocenters. The number of hydrogen-bond acceptors (Lipinski definition) is 5. The zero-order valence-corrected chi connectivity index (χ0v) is 21.4. The van der Waals surface area contributed by atoms with Crippen LogP contribution in [0.15, 0.2) is 109 Å². The summed E-state index contributed by atoms with van der Waals surface area (Å²) in [5, 5.41) is 25.6. The maximum absolute atomic E-state index is 13.9. The van der Waals surface area contributed by atoms with Gasteiger partial charge in [-0.3, -0.25) is 4.99 Å². The normalized spacial score (nSPS) is 13.7. The van der Waals surface area contributed by atoms with Crippen molar-refractivity contribution in [3.8, 4) is 16.8 Å². The van der Waals surface area contributed by atoms with Crippen LogP contribution in [0.25, 0.3) is 22.5 Å². The van der Waals surface area contributed by atoms with Crippen LogP contribution in [0.3, 0.4) is 0 Å². The van der Waals surface area contributed by atoms with Gasteiger partial charge in [-0.15, -0.1) is 5.10 Å². The Morgan fingerprint density at radius 1 is 0.974 bits per heavy atom. The molecule has 0 spiro atoms. The van der Waals surface area contributed by atoms with Crippen LogP contribution in [0.2, 0.25) is 5.02 Å². The largest absolute Gasteiger partial charge is 0.618 e. The van der Waals surface area contributed by atoms with Crippen LogP contribution in [0.4, 0.5) is 4.39 Å². The molecule has 0 amide bonds. The molecule has 0 radical (unpaired) electrons. The summed E-state index contributed by atoms with van der Waals surface area (Å²) in [5.74, 6) is -0.590. The SMILES string of the molecule is [O-][n+]1cc(-c2cc(Cl)ccc2-n2cnnn2)ccc1C(Cc1ccccc1)C1=NC(c2cccc(F)c2)=CC1. The number of tetrazole rings is 1. The molecule has 9 heteroatoms. The second-order valence-electron chi connectivity index (χ2n) is 9.23. The molecule has 2 aromatic heterocycles. The smallest absolute Gasteiger partial charge is 0.201 e. The summed E-state index contributed by atoms with van der Waals surface area (Å²) in [4.78, 5) is 4.87. The highest BCUT2D eigenvalue weighted by molar-refractivity contribution is 6.31. The molecule has 0 bridgehead atoms. The minimum atomic E-state index is -0.312. The third kappa shape index (κ3) is 5.19. The lowest BCUT2D eigenvalue weighted by Crippen LogP contribution is -2.36. The van der Waals surface area contributed by atoms with Crippen molar-refractivity contribution in [1.82, 2.24) is 20.2 Å². The Morgan fingerprint density at radius 2 is 1.85 bits per heavy atom. The van der Waals surface area contributed by atoms with E-state index in [2.05, 4.69) is 15.5 Å². The Labute approximate surface area is 229 Å². The lowest BCUT2D eigenvalue weighted by atomic mass is 9.89. The van der Waals surface area contributed by atoms with Gasteiger partial charge in [0.1, 0.15) is 12.1 Å². The Bertz CT molecular complexity index is 1700. The second kappa shape index (κ2) is 10.6. The Balaban J connectivity index is 1.39. The number of nitrogens with zero attached hydrogens (tertiary/aromatic N) is 6. The highest BCUT2D eigenvalue weighted by Gasteiger charge is 2.29. The van der Waals surface area contributed by atoms with E-state index in [4.69, 9.17) is 16.6 Å². The quantitative estimate of drug-likeness (QED) is 0.189. The summed E-state index contributed by atoms with van der Waals surface area (Å²) in [6.07, 6.45) is 6.18. The first-order chi connectivity index (χ1) is 19.0. The maximum Gasteiger partial charge on any atom is 0.201 e.